The SMILES string of the molecule is O=C(ONCC1CC1)c1ccccc1. The van der Waals surface area contributed by atoms with E-state index < -0.39 is 0 Å². The molecule has 3 nitrogen and oxygen atoms in total. The molecule has 0 bridgehead atoms. The molecule has 74 valence electrons. The molecular formula is C11H13NO2. The number of carbonyl (C=O) groups excluding carboxylic acids is 1. The molecule has 0 aromatic heterocycles. The largest absolute Gasteiger partial charge is 0.367 e. The Kier molecular flexibility index (Phi) is 2.79. The van der Waals surface area contributed by atoms with Crippen molar-refractivity contribution in [2.24, 2.45) is 5.92 Å². The van der Waals surface area contributed by atoms with E-state index >= 15 is 0 Å². The first-order valence-corrected chi connectivity index (χ1v) is 4.85. The molecule has 0 amide bonds. The van der Waals surface area contributed by atoms with Gasteiger partial charge in [0.1, 0.15) is 0 Å². The van der Waals surface area contributed by atoms with Crippen molar-refractivity contribution < 1.29 is 9.63 Å². The Balaban J connectivity index is 1.77. The minimum Gasteiger partial charge on any atom is -0.367 e. The van der Waals surface area contributed by atoms with Gasteiger partial charge in [-0.25, -0.2) is 4.79 Å². The highest BCUT2D eigenvalue weighted by Gasteiger charge is 2.21. The smallest absolute Gasteiger partial charge is 0.356 e. The molecule has 14 heavy (non-hydrogen) atoms. The quantitative estimate of drug-likeness (QED) is 0.737. The molecular weight excluding hydrogens is 178 g/mol. The van der Waals surface area contributed by atoms with Crippen molar-refractivity contribution in [1.29, 1.82) is 0 Å². The molecule has 0 aliphatic heterocycles. The summed E-state index contributed by atoms with van der Waals surface area (Å²) in [5, 5.41) is 0. The van der Waals surface area contributed by atoms with Gasteiger partial charge in [0.2, 0.25) is 0 Å². The topological polar surface area (TPSA) is 38.3 Å². The summed E-state index contributed by atoms with van der Waals surface area (Å²) < 4.78 is 0. The normalized spacial score (nSPS) is 15.1. The third-order valence-electron chi connectivity index (χ3n) is 2.24. The van der Waals surface area contributed by atoms with E-state index in [-0.39, 0.29) is 5.97 Å². The molecule has 0 unspecified atom stereocenters. The van der Waals surface area contributed by atoms with Gasteiger partial charge in [-0.1, -0.05) is 18.2 Å². The number of nitrogens with one attached hydrogen (secondary N) is 1. The van der Waals surface area contributed by atoms with Crippen LogP contribution in [0.5, 0.6) is 0 Å². The van der Waals surface area contributed by atoms with Gasteiger partial charge >= 0.3 is 5.97 Å². The molecule has 1 N–H and O–H groups in total. The summed E-state index contributed by atoms with van der Waals surface area (Å²) in [5.41, 5.74) is 3.28. The molecule has 1 saturated carbocycles. The first-order valence-electron chi connectivity index (χ1n) is 4.85. The highest BCUT2D eigenvalue weighted by atomic mass is 16.7. The molecule has 1 aliphatic rings. The fourth-order valence-electron chi connectivity index (χ4n) is 1.18. The van der Waals surface area contributed by atoms with Crippen LogP contribution in [0.1, 0.15) is 23.2 Å². The van der Waals surface area contributed by atoms with E-state index in [1.165, 1.54) is 12.8 Å². The monoisotopic (exact) mass is 191 g/mol. The maximum Gasteiger partial charge on any atom is 0.356 e. The molecule has 3 heteroatoms. The van der Waals surface area contributed by atoms with Crippen LogP contribution < -0.4 is 5.48 Å². The fourth-order valence-corrected chi connectivity index (χ4v) is 1.18. The van der Waals surface area contributed by atoms with Crippen molar-refractivity contribution in [2.75, 3.05) is 6.54 Å². The van der Waals surface area contributed by atoms with Crippen LogP contribution in [0, 0.1) is 5.92 Å². The summed E-state index contributed by atoms with van der Waals surface area (Å²) in [4.78, 5) is 16.3. The van der Waals surface area contributed by atoms with Crippen LogP contribution in [0.15, 0.2) is 30.3 Å². The van der Waals surface area contributed by atoms with E-state index in [1.54, 1.807) is 12.1 Å². The average molecular weight is 191 g/mol. The summed E-state index contributed by atoms with van der Waals surface area (Å²) in [6.45, 7) is 0.776. The van der Waals surface area contributed by atoms with Crippen LogP contribution in [0.2, 0.25) is 0 Å². The van der Waals surface area contributed by atoms with Gasteiger partial charge in [0, 0.05) is 6.54 Å². The lowest BCUT2D eigenvalue weighted by Gasteiger charge is -2.04. The fraction of sp³-hybridized carbons (Fsp3) is 0.364. The molecule has 0 spiro atoms. The zero-order chi connectivity index (χ0) is 9.80. The van der Waals surface area contributed by atoms with Crippen molar-refractivity contribution in [3.05, 3.63) is 35.9 Å². The molecule has 2 rings (SSSR count). The van der Waals surface area contributed by atoms with Gasteiger partial charge in [-0.05, 0) is 30.9 Å². The van der Waals surface area contributed by atoms with Gasteiger partial charge in [0.25, 0.3) is 0 Å². The van der Waals surface area contributed by atoms with Gasteiger partial charge in [-0.3, -0.25) is 0 Å². The lowest BCUT2D eigenvalue weighted by atomic mass is 10.2. The minimum absolute atomic E-state index is 0.314. The maximum atomic E-state index is 11.4. The highest BCUT2D eigenvalue weighted by molar-refractivity contribution is 5.89. The predicted octanol–water partition coefficient (Wildman–Crippen LogP) is 1.76. The minimum atomic E-state index is -0.314. The Morgan fingerprint density at radius 1 is 1.36 bits per heavy atom. The number of carbonyl (C=O) groups is 1. The first-order chi connectivity index (χ1) is 6.86. The standard InChI is InChI=1S/C11H13NO2/c13-11(10-4-2-1-3-5-10)14-12-8-9-6-7-9/h1-5,9,12H,6-8H2. The van der Waals surface area contributed by atoms with Crippen LogP contribution in [0.25, 0.3) is 0 Å². The Bertz CT molecular complexity index is 306. The summed E-state index contributed by atoms with van der Waals surface area (Å²) in [6, 6.07) is 8.98. The highest BCUT2D eigenvalue weighted by Crippen LogP contribution is 2.27. The Morgan fingerprint density at radius 3 is 2.71 bits per heavy atom. The number of hydrogen-bond donors (Lipinski definition) is 1. The second-order valence-electron chi connectivity index (χ2n) is 3.55. The van der Waals surface area contributed by atoms with E-state index in [0.717, 1.165) is 6.54 Å². The summed E-state index contributed by atoms with van der Waals surface area (Å²) in [5.74, 6) is 0.393. The van der Waals surface area contributed by atoms with Crippen molar-refractivity contribution >= 4 is 5.97 Å². The average Bonchev–Trinajstić information content (AvgIpc) is 3.03. The zero-order valence-electron chi connectivity index (χ0n) is 7.90. The van der Waals surface area contributed by atoms with Crippen LogP contribution >= 0.6 is 0 Å². The molecule has 0 saturated heterocycles. The molecule has 0 heterocycles. The van der Waals surface area contributed by atoms with Gasteiger partial charge in [0.15, 0.2) is 0 Å². The van der Waals surface area contributed by atoms with Gasteiger partial charge < -0.3 is 4.84 Å². The molecule has 0 atom stereocenters. The second-order valence-corrected chi connectivity index (χ2v) is 3.55. The summed E-state index contributed by atoms with van der Waals surface area (Å²) in [6.07, 6.45) is 2.49. The number of rotatable bonds is 4. The lowest BCUT2D eigenvalue weighted by molar-refractivity contribution is 0.0245. The molecule has 0 radical (unpaired) electrons. The first kappa shape index (κ1) is 9.21. The van der Waals surface area contributed by atoms with Crippen LogP contribution in [-0.2, 0) is 4.84 Å². The zero-order valence-corrected chi connectivity index (χ0v) is 7.90. The third kappa shape index (κ3) is 2.57. The van der Waals surface area contributed by atoms with Gasteiger partial charge in [-0.15, -0.1) is 0 Å². The second kappa shape index (κ2) is 4.24. The van der Waals surface area contributed by atoms with E-state index in [9.17, 15) is 4.79 Å². The number of benzene rings is 1. The molecule has 1 fully saturated rings. The van der Waals surface area contributed by atoms with Crippen molar-refractivity contribution in [1.82, 2.24) is 5.48 Å². The third-order valence-corrected chi connectivity index (χ3v) is 2.24. The Labute approximate surface area is 83.0 Å². The summed E-state index contributed by atoms with van der Waals surface area (Å²) >= 11 is 0. The van der Waals surface area contributed by atoms with Crippen molar-refractivity contribution in [3.8, 4) is 0 Å². The number of hydrogen-bond acceptors (Lipinski definition) is 3. The van der Waals surface area contributed by atoms with Crippen LogP contribution in [-0.4, -0.2) is 12.5 Å². The number of hydroxylamine groups is 1. The summed E-state index contributed by atoms with van der Waals surface area (Å²) in [7, 11) is 0. The van der Waals surface area contributed by atoms with E-state index in [1.807, 2.05) is 18.2 Å². The predicted molar refractivity (Wildman–Crippen MR) is 52.6 cm³/mol. The van der Waals surface area contributed by atoms with Crippen molar-refractivity contribution in [3.63, 3.8) is 0 Å². The van der Waals surface area contributed by atoms with E-state index in [4.69, 9.17) is 4.84 Å². The Hall–Kier alpha value is -1.35. The van der Waals surface area contributed by atoms with Gasteiger partial charge in [0.05, 0.1) is 5.56 Å². The lowest BCUT2D eigenvalue weighted by Crippen LogP contribution is -2.22. The van der Waals surface area contributed by atoms with E-state index in [0.29, 0.717) is 11.5 Å². The molecule has 1 aromatic rings. The molecule has 1 aliphatic carbocycles. The van der Waals surface area contributed by atoms with Crippen molar-refractivity contribution in [2.45, 2.75) is 12.8 Å². The van der Waals surface area contributed by atoms with Crippen LogP contribution in [0.3, 0.4) is 0 Å². The van der Waals surface area contributed by atoms with E-state index in [2.05, 4.69) is 5.48 Å². The molecule has 1 aromatic carbocycles. The maximum absolute atomic E-state index is 11.4. The van der Waals surface area contributed by atoms with Gasteiger partial charge in [-0.2, -0.15) is 5.48 Å². The van der Waals surface area contributed by atoms with Crippen LogP contribution in [0.4, 0.5) is 0 Å². The Morgan fingerprint density at radius 2 is 2.07 bits per heavy atom.